The molecule has 4 rings (SSSR count). The maximum atomic E-state index is 12.6. The van der Waals surface area contributed by atoms with Crippen molar-refractivity contribution in [3.05, 3.63) is 65.2 Å². The molecule has 180 valence electrons. The van der Waals surface area contributed by atoms with Crippen LogP contribution < -0.4 is 5.32 Å². The molecular weight excluding hydrogens is 454 g/mol. The lowest BCUT2D eigenvalue weighted by molar-refractivity contribution is -0.121. The highest BCUT2D eigenvalue weighted by atomic mass is 32.2. The van der Waals surface area contributed by atoms with Gasteiger partial charge >= 0.3 is 0 Å². The number of unbranched alkanes of at least 4 members (excludes halogenated alkanes) is 2. The number of carbonyl (C=O) groups is 3. The first-order valence-corrected chi connectivity index (χ1v) is 13.1. The van der Waals surface area contributed by atoms with Crippen molar-refractivity contribution in [2.75, 3.05) is 19.6 Å². The summed E-state index contributed by atoms with van der Waals surface area (Å²) >= 11 is 0. The van der Waals surface area contributed by atoms with Crippen LogP contribution in [0.5, 0.6) is 0 Å². The highest BCUT2D eigenvalue weighted by Crippen LogP contribution is 2.23. The van der Waals surface area contributed by atoms with E-state index in [2.05, 4.69) is 5.32 Å². The standard InChI is InChI=1S/C25H29N3O5S/c29-23(10-2-1-5-17-28-24(30)21-8-3-4-9-22(21)25(28)31)26-18-19-11-13-20(14-12-19)34(32,33)27-15-6-7-16-27/h3-4,8-9,11-14H,1-2,5-7,10,15-18H2,(H,26,29). The topological polar surface area (TPSA) is 104 Å². The Balaban J connectivity index is 1.15. The Hall–Kier alpha value is -3.04. The van der Waals surface area contributed by atoms with E-state index in [1.807, 2.05) is 0 Å². The first-order chi connectivity index (χ1) is 16.4. The molecule has 1 N–H and O–H groups in total. The fourth-order valence-corrected chi connectivity index (χ4v) is 5.84. The average molecular weight is 484 g/mol. The van der Waals surface area contributed by atoms with Crippen molar-refractivity contribution in [1.82, 2.24) is 14.5 Å². The van der Waals surface area contributed by atoms with Crippen molar-refractivity contribution in [2.45, 2.75) is 50.0 Å². The van der Waals surface area contributed by atoms with Gasteiger partial charge in [-0.05, 0) is 55.5 Å². The SMILES string of the molecule is O=C(CCCCCN1C(=O)c2ccccc2C1=O)NCc1ccc(S(=O)(=O)N2CCCC2)cc1. The van der Waals surface area contributed by atoms with Gasteiger partial charge in [0.1, 0.15) is 0 Å². The van der Waals surface area contributed by atoms with Gasteiger partial charge in [0.15, 0.2) is 0 Å². The minimum absolute atomic E-state index is 0.0884. The average Bonchev–Trinajstić information content (AvgIpc) is 3.47. The maximum absolute atomic E-state index is 12.6. The van der Waals surface area contributed by atoms with Crippen LogP contribution in [-0.4, -0.2) is 55.0 Å². The summed E-state index contributed by atoms with van der Waals surface area (Å²) in [5, 5.41) is 2.85. The molecule has 0 saturated carbocycles. The highest BCUT2D eigenvalue weighted by molar-refractivity contribution is 7.89. The Labute approximate surface area is 200 Å². The number of sulfonamides is 1. The normalized spacial score (nSPS) is 16.2. The van der Waals surface area contributed by atoms with Gasteiger partial charge in [-0.2, -0.15) is 4.31 Å². The number of benzene rings is 2. The number of nitrogens with one attached hydrogen (secondary N) is 1. The van der Waals surface area contributed by atoms with Gasteiger partial charge in [-0.15, -0.1) is 0 Å². The maximum Gasteiger partial charge on any atom is 0.261 e. The van der Waals surface area contributed by atoms with Crippen molar-refractivity contribution >= 4 is 27.7 Å². The Morgan fingerprint density at radius 2 is 1.47 bits per heavy atom. The fourth-order valence-electron chi connectivity index (χ4n) is 4.32. The van der Waals surface area contributed by atoms with Crippen molar-refractivity contribution in [3.8, 4) is 0 Å². The zero-order chi connectivity index (χ0) is 24.1. The zero-order valence-electron chi connectivity index (χ0n) is 19.0. The molecule has 0 unspecified atom stereocenters. The van der Waals surface area contributed by atoms with E-state index in [1.165, 1.54) is 9.21 Å². The molecule has 9 heteroatoms. The number of rotatable bonds is 10. The summed E-state index contributed by atoms with van der Waals surface area (Å²) in [6, 6.07) is 13.5. The van der Waals surface area contributed by atoms with Crippen molar-refractivity contribution in [3.63, 3.8) is 0 Å². The number of nitrogens with zero attached hydrogens (tertiary/aromatic N) is 2. The van der Waals surface area contributed by atoms with E-state index in [0.29, 0.717) is 56.6 Å². The monoisotopic (exact) mass is 483 g/mol. The Bertz CT molecular complexity index is 1140. The van der Waals surface area contributed by atoms with E-state index >= 15 is 0 Å². The quantitative estimate of drug-likeness (QED) is 0.413. The van der Waals surface area contributed by atoms with Crippen molar-refractivity contribution in [1.29, 1.82) is 0 Å². The molecule has 3 amide bonds. The fraction of sp³-hybridized carbons (Fsp3) is 0.400. The summed E-state index contributed by atoms with van der Waals surface area (Å²) in [6.07, 6.45) is 4.17. The van der Waals surface area contributed by atoms with Crippen molar-refractivity contribution < 1.29 is 22.8 Å². The smallest absolute Gasteiger partial charge is 0.261 e. The van der Waals surface area contributed by atoms with Crippen LogP contribution in [0.2, 0.25) is 0 Å². The highest BCUT2D eigenvalue weighted by Gasteiger charge is 2.34. The number of hydrogen-bond acceptors (Lipinski definition) is 5. The second kappa shape index (κ2) is 10.5. The second-order valence-corrected chi connectivity index (χ2v) is 10.6. The summed E-state index contributed by atoms with van der Waals surface area (Å²) in [7, 11) is -3.43. The molecule has 8 nitrogen and oxygen atoms in total. The number of hydrogen-bond donors (Lipinski definition) is 1. The predicted octanol–water partition coefficient (Wildman–Crippen LogP) is 2.94. The molecule has 0 aliphatic carbocycles. The van der Waals surface area contributed by atoms with Crippen LogP contribution in [-0.2, 0) is 21.4 Å². The van der Waals surface area contributed by atoms with Crippen LogP contribution in [0, 0.1) is 0 Å². The molecule has 2 aromatic carbocycles. The number of imide groups is 1. The molecule has 2 aliphatic heterocycles. The van der Waals surface area contributed by atoms with Gasteiger partial charge in [0.2, 0.25) is 15.9 Å². The van der Waals surface area contributed by atoms with E-state index in [1.54, 1.807) is 48.5 Å². The minimum Gasteiger partial charge on any atom is -0.352 e. The summed E-state index contributed by atoms with van der Waals surface area (Å²) in [5.74, 6) is -0.593. The third kappa shape index (κ3) is 5.20. The Kier molecular flexibility index (Phi) is 7.43. The summed E-state index contributed by atoms with van der Waals surface area (Å²) in [6.45, 7) is 1.81. The number of amides is 3. The van der Waals surface area contributed by atoms with Crippen LogP contribution in [0.1, 0.15) is 64.8 Å². The first-order valence-electron chi connectivity index (χ1n) is 11.7. The lowest BCUT2D eigenvalue weighted by Crippen LogP contribution is -2.30. The number of carbonyl (C=O) groups excluding carboxylic acids is 3. The third-order valence-corrected chi connectivity index (χ3v) is 8.19. The van der Waals surface area contributed by atoms with Gasteiger partial charge in [-0.3, -0.25) is 19.3 Å². The lowest BCUT2D eigenvalue weighted by atomic mass is 10.1. The van der Waals surface area contributed by atoms with E-state index in [9.17, 15) is 22.8 Å². The van der Waals surface area contributed by atoms with Gasteiger partial charge in [-0.25, -0.2) is 8.42 Å². The summed E-state index contributed by atoms with van der Waals surface area (Å²) in [4.78, 5) is 38.4. The molecule has 2 aromatic rings. The molecule has 0 spiro atoms. The molecule has 0 atom stereocenters. The second-order valence-electron chi connectivity index (χ2n) is 8.65. The van der Waals surface area contributed by atoms with Gasteiger partial charge in [0.05, 0.1) is 16.0 Å². The van der Waals surface area contributed by atoms with Gasteiger partial charge in [-0.1, -0.05) is 30.7 Å². The molecule has 0 aromatic heterocycles. The van der Waals surface area contributed by atoms with E-state index in [0.717, 1.165) is 24.8 Å². The summed E-state index contributed by atoms with van der Waals surface area (Å²) in [5.41, 5.74) is 1.74. The lowest BCUT2D eigenvalue weighted by Gasteiger charge is -2.15. The first kappa shape index (κ1) is 24.1. The third-order valence-electron chi connectivity index (χ3n) is 6.28. The van der Waals surface area contributed by atoms with Gasteiger partial charge in [0, 0.05) is 32.6 Å². The molecule has 34 heavy (non-hydrogen) atoms. The predicted molar refractivity (Wildman–Crippen MR) is 127 cm³/mol. The molecule has 1 fully saturated rings. The minimum atomic E-state index is -3.43. The Morgan fingerprint density at radius 1 is 0.853 bits per heavy atom. The van der Waals surface area contributed by atoms with Crippen molar-refractivity contribution in [2.24, 2.45) is 0 Å². The molecular formula is C25H29N3O5S. The molecule has 1 saturated heterocycles. The van der Waals surface area contributed by atoms with E-state index in [-0.39, 0.29) is 22.6 Å². The number of fused-ring (bicyclic) bond motifs is 1. The molecule has 0 bridgehead atoms. The van der Waals surface area contributed by atoms with Crippen LogP contribution >= 0.6 is 0 Å². The molecule has 0 radical (unpaired) electrons. The Morgan fingerprint density at radius 3 is 2.09 bits per heavy atom. The van der Waals surface area contributed by atoms with Gasteiger partial charge in [0.25, 0.3) is 11.8 Å². The summed E-state index contributed by atoms with van der Waals surface area (Å²) < 4.78 is 26.7. The molecule has 2 heterocycles. The molecule has 2 aliphatic rings. The largest absolute Gasteiger partial charge is 0.352 e. The van der Waals surface area contributed by atoms with E-state index in [4.69, 9.17) is 0 Å². The van der Waals surface area contributed by atoms with Crippen LogP contribution in [0.15, 0.2) is 53.4 Å². The van der Waals surface area contributed by atoms with Crippen LogP contribution in [0.4, 0.5) is 0 Å². The van der Waals surface area contributed by atoms with E-state index < -0.39 is 10.0 Å². The van der Waals surface area contributed by atoms with Gasteiger partial charge < -0.3 is 5.32 Å². The van der Waals surface area contributed by atoms with Crippen LogP contribution in [0.3, 0.4) is 0 Å². The van der Waals surface area contributed by atoms with Crippen LogP contribution in [0.25, 0.3) is 0 Å². The zero-order valence-corrected chi connectivity index (χ0v) is 19.9.